The number of esters is 1. The lowest BCUT2D eigenvalue weighted by molar-refractivity contribution is -0.136. The minimum atomic E-state index is -3.69. The van der Waals surface area contributed by atoms with Gasteiger partial charge in [0.2, 0.25) is 10.0 Å². The van der Waals surface area contributed by atoms with Crippen molar-refractivity contribution in [1.82, 2.24) is 9.62 Å². The molecule has 4 bridgehead atoms. The number of aliphatic hydroxyl groups is 1. The molecule has 0 aromatic heterocycles. The van der Waals surface area contributed by atoms with Crippen LogP contribution in [-0.2, 0) is 24.3 Å². The summed E-state index contributed by atoms with van der Waals surface area (Å²) in [4.78, 5) is 26.4. The smallest absolute Gasteiger partial charge is 0.337 e. The first kappa shape index (κ1) is 23.3. The maximum Gasteiger partial charge on any atom is 0.337 e. The van der Waals surface area contributed by atoms with Crippen molar-refractivity contribution < 1.29 is 27.9 Å². The fourth-order valence-corrected chi connectivity index (χ4v) is 8.22. The summed E-state index contributed by atoms with van der Waals surface area (Å²) in [5, 5.41) is 12.1. The van der Waals surface area contributed by atoms with E-state index in [1.165, 1.54) is 43.4 Å². The summed E-state index contributed by atoms with van der Waals surface area (Å²) in [6.45, 7) is -0.0930. The Morgan fingerprint density at radius 3 is 2.24 bits per heavy atom. The average Bonchev–Trinajstić information content (AvgIpc) is 3.07. The third kappa shape index (κ3) is 4.23. The van der Waals surface area contributed by atoms with E-state index < -0.39 is 21.9 Å². The number of nitrogens with one attached hydrogen (secondary N) is 2. The van der Waals surface area contributed by atoms with Crippen LogP contribution in [0.5, 0.6) is 0 Å². The Hall–Kier alpha value is -2.43. The monoisotopic (exact) mass is 489 g/mol. The molecule has 184 valence electrons. The van der Waals surface area contributed by atoms with E-state index in [9.17, 15) is 23.1 Å². The van der Waals surface area contributed by atoms with Gasteiger partial charge in [0.15, 0.2) is 0 Å². The fourth-order valence-electron chi connectivity index (χ4n) is 6.79. The van der Waals surface area contributed by atoms with Crippen molar-refractivity contribution in [3.8, 4) is 0 Å². The van der Waals surface area contributed by atoms with Gasteiger partial charge in [0.25, 0.3) is 5.91 Å². The molecule has 0 saturated heterocycles. The van der Waals surface area contributed by atoms with Crippen LogP contribution in [0.15, 0.2) is 40.4 Å². The Balaban J connectivity index is 1.32. The molecule has 4 fully saturated rings. The van der Waals surface area contributed by atoms with Crippen LogP contribution < -0.4 is 10.0 Å². The first-order chi connectivity index (χ1) is 16.2. The standard InChI is InChI=1S/C24H31N3O6S/c1-33-23(30)20-14-27(6-7-28)22(29)21(20)25-18-2-4-19(5-3-18)34(31,32)26-24-11-15-8-16(12-24)10-17(9-15)13-24/h2-5,15-17,25-26,28H,6-14H2,1H3. The first-order valence-electron chi connectivity index (χ1n) is 11.8. The van der Waals surface area contributed by atoms with Gasteiger partial charge < -0.3 is 20.1 Å². The molecule has 1 aromatic rings. The van der Waals surface area contributed by atoms with E-state index >= 15 is 0 Å². The number of carbonyl (C=O) groups excluding carboxylic acids is 2. The highest BCUT2D eigenvalue weighted by Crippen LogP contribution is 2.56. The van der Waals surface area contributed by atoms with Crippen LogP contribution in [0.1, 0.15) is 38.5 Å². The lowest BCUT2D eigenvalue weighted by atomic mass is 9.53. The van der Waals surface area contributed by atoms with Gasteiger partial charge in [-0.25, -0.2) is 17.9 Å². The molecule has 0 atom stereocenters. The molecule has 10 heteroatoms. The highest BCUT2D eigenvalue weighted by atomic mass is 32.2. The minimum absolute atomic E-state index is 0.0375. The SMILES string of the molecule is COC(=O)C1=C(Nc2ccc(S(=O)(=O)NC34CC5CC(CC(C5)C3)C4)cc2)C(=O)N(CCO)C1. The zero-order valence-corrected chi connectivity index (χ0v) is 20.1. The van der Waals surface area contributed by atoms with E-state index in [1.807, 2.05) is 0 Å². The molecule has 4 aliphatic carbocycles. The van der Waals surface area contributed by atoms with Gasteiger partial charge in [-0.15, -0.1) is 0 Å². The van der Waals surface area contributed by atoms with E-state index in [0.29, 0.717) is 23.4 Å². The van der Waals surface area contributed by atoms with Crippen molar-refractivity contribution in [2.75, 3.05) is 32.1 Å². The van der Waals surface area contributed by atoms with E-state index in [1.54, 1.807) is 12.1 Å². The molecule has 4 saturated carbocycles. The number of benzene rings is 1. The van der Waals surface area contributed by atoms with Gasteiger partial charge in [0.05, 0.1) is 30.7 Å². The summed E-state index contributed by atoms with van der Waals surface area (Å²) in [5.74, 6) is 0.844. The zero-order chi connectivity index (χ0) is 24.1. The van der Waals surface area contributed by atoms with Crippen molar-refractivity contribution >= 4 is 27.6 Å². The number of anilines is 1. The maximum absolute atomic E-state index is 13.2. The van der Waals surface area contributed by atoms with Gasteiger partial charge in [-0.05, 0) is 80.5 Å². The third-order valence-corrected chi connectivity index (χ3v) is 9.37. The second-order valence-corrected chi connectivity index (χ2v) is 11.9. The van der Waals surface area contributed by atoms with Gasteiger partial charge in [-0.3, -0.25) is 4.79 Å². The van der Waals surface area contributed by atoms with Crippen molar-refractivity contribution in [1.29, 1.82) is 0 Å². The molecule has 0 unspecified atom stereocenters. The fraction of sp³-hybridized carbons (Fsp3) is 0.583. The summed E-state index contributed by atoms with van der Waals surface area (Å²) in [7, 11) is -2.45. The first-order valence-corrected chi connectivity index (χ1v) is 13.3. The number of nitrogens with zero attached hydrogens (tertiary/aromatic N) is 1. The van der Waals surface area contributed by atoms with Crippen LogP contribution in [0.4, 0.5) is 5.69 Å². The van der Waals surface area contributed by atoms with Crippen LogP contribution in [0.25, 0.3) is 0 Å². The van der Waals surface area contributed by atoms with Gasteiger partial charge in [0, 0.05) is 17.8 Å². The summed E-state index contributed by atoms with van der Waals surface area (Å²) >= 11 is 0. The number of amides is 1. The number of hydrogen-bond donors (Lipinski definition) is 3. The van der Waals surface area contributed by atoms with E-state index in [4.69, 9.17) is 4.74 Å². The zero-order valence-electron chi connectivity index (χ0n) is 19.2. The Kier molecular flexibility index (Phi) is 5.94. The molecule has 0 spiro atoms. The number of rotatable bonds is 8. The molecule has 0 radical (unpaired) electrons. The van der Waals surface area contributed by atoms with E-state index in [-0.39, 0.29) is 41.4 Å². The predicted molar refractivity (Wildman–Crippen MR) is 124 cm³/mol. The third-order valence-electron chi connectivity index (χ3n) is 7.78. The summed E-state index contributed by atoms with van der Waals surface area (Å²) in [6, 6.07) is 6.18. The Morgan fingerprint density at radius 2 is 1.71 bits per heavy atom. The molecule has 5 aliphatic rings. The molecule has 1 aliphatic heterocycles. The molecule has 6 rings (SSSR count). The molecular formula is C24H31N3O6S. The van der Waals surface area contributed by atoms with E-state index in [2.05, 4.69) is 10.0 Å². The Bertz CT molecular complexity index is 1090. The van der Waals surface area contributed by atoms with Gasteiger partial charge in [-0.1, -0.05) is 0 Å². The summed E-state index contributed by atoms with van der Waals surface area (Å²) in [5.41, 5.74) is 0.394. The number of sulfonamides is 1. The maximum atomic E-state index is 13.2. The predicted octanol–water partition coefficient (Wildman–Crippen LogP) is 1.61. The van der Waals surface area contributed by atoms with Crippen LogP contribution in [0, 0.1) is 17.8 Å². The normalized spacial score (nSPS) is 30.2. The number of carbonyl (C=O) groups is 2. The van der Waals surface area contributed by atoms with Gasteiger partial charge in [0.1, 0.15) is 5.70 Å². The average molecular weight is 490 g/mol. The number of methoxy groups -OCH3 is 1. The minimum Gasteiger partial charge on any atom is -0.466 e. The van der Waals surface area contributed by atoms with Crippen LogP contribution >= 0.6 is 0 Å². The highest BCUT2D eigenvalue weighted by Gasteiger charge is 2.52. The summed E-state index contributed by atoms with van der Waals surface area (Å²) in [6.07, 6.45) is 6.48. The topological polar surface area (TPSA) is 125 Å². The van der Waals surface area contributed by atoms with Crippen LogP contribution in [0.3, 0.4) is 0 Å². The molecule has 1 aromatic carbocycles. The number of ether oxygens (including phenoxy) is 1. The van der Waals surface area contributed by atoms with Gasteiger partial charge >= 0.3 is 5.97 Å². The second-order valence-electron chi connectivity index (χ2n) is 10.2. The molecular weight excluding hydrogens is 458 g/mol. The van der Waals surface area contributed by atoms with Crippen molar-refractivity contribution in [2.45, 2.75) is 49.0 Å². The lowest BCUT2D eigenvalue weighted by Crippen LogP contribution is -2.59. The Morgan fingerprint density at radius 1 is 1.12 bits per heavy atom. The van der Waals surface area contributed by atoms with Crippen LogP contribution in [0.2, 0.25) is 0 Å². The number of hydrogen-bond acceptors (Lipinski definition) is 7. The van der Waals surface area contributed by atoms with Crippen molar-refractivity contribution in [2.24, 2.45) is 17.8 Å². The van der Waals surface area contributed by atoms with Crippen LogP contribution in [-0.4, -0.2) is 62.6 Å². The highest BCUT2D eigenvalue weighted by molar-refractivity contribution is 7.89. The van der Waals surface area contributed by atoms with Crippen molar-refractivity contribution in [3.05, 3.63) is 35.5 Å². The van der Waals surface area contributed by atoms with Gasteiger partial charge in [-0.2, -0.15) is 0 Å². The number of aliphatic hydroxyl groups excluding tert-OH is 1. The second kappa shape index (κ2) is 8.66. The largest absolute Gasteiger partial charge is 0.466 e. The van der Waals surface area contributed by atoms with E-state index in [0.717, 1.165) is 19.3 Å². The molecule has 1 heterocycles. The molecule has 9 nitrogen and oxygen atoms in total. The molecule has 34 heavy (non-hydrogen) atoms. The van der Waals surface area contributed by atoms with Crippen molar-refractivity contribution in [3.63, 3.8) is 0 Å². The summed E-state index contributed by atoms with van der Waals surface area (Å²) < 4.78 is 34.3. The quantitative estimate of drug-likeness (QED) is 0.474. The molecule has 1 amide bonds. The number of β-amino-alcohol motifs (C(OH)–C–C–N with tert-alkyl or cyclic N) is 1. The molecule has 3 N–H and O–H groups in total. The lowest BCUT2D eigenvalue weighted by Gasteiger charge is -2.56. The Labute approximate surface area is 199 Å².